The van der Waals surface area contributed by atoms with Gasteiger partial charge in [-0.15, -0.1) is 0 Å². The lowest BCUT2D eigenvalue weighted by molar-refractivity contribution is 0.0600. The third-order valence-corrected chi connectivity index (χ3v) is 6.81. The second kappa shape index (κ2) is 6.27. The first kappa shape index (κ1) is 17.4. The molecule has 122 valence electrons. The first-order valence-corrected chi connectivity index (χ1v) is 9.05. The van der Waals surface area contributed by atoms with Crippen LogP contribution in [0.1, 0.15) is 23.7 Å². The summed E-state index contributed by atoms with van der Waals surface area (Å²) in [6, 6.07) is 4.32. The number of sulfonamides is 1. The standard InChI is InChI=1S/C14H19BrN2O4S/c1-14(8-16)5-6-17(9-14)22(19,20)12-4-3-10(7-11(12)15)13(18)21-2/h3-4,7H,5-6,8-9,16H2,1-2H3. The average Bonchev–Trinajstić information content (AvgIpc) is 2.90. The number of hydrogen-bond donors (Lipinski definition) is 1. The number of nitrogens with zero attached hydrogens (tertiary/aromatic N) is 1. The summed E-state index contributed by atoms with van der Waals surface area (Å²) in [7, 11) is -2.34. The van der Waals surface area contributed by atoms with E-state index in [2.05, 4.69) is 20.7 Å². The largest absolute Gasteiger partial charge is 0.465 e. The van der Waals surface area contributed by atoms with Gasteiger partial charge in [-0.1, -0.05) is 6.92 Å². The molecule has 1 aromatic rings. The number of halogens is 1. The Labute approximate surface area is 138 Å². The molecule has 6 nitrogen and oxygen atoms in total. The topological polar surface area (TPSA) is 89.7 Å². The van der Waals surface area contributed by atoms with E-state index < -0.39 is 16.0 Å². The normalized spacial score (nSPS) is 22.7. The Kier molecular flexibility index (Phi) is 4.96. The number of nitrogens with two attached hydrogens (primary N) is 1. The quantitative estimate of drug-likeness (QED) is 0.788. The van der Waals surface area contributed by atoms with Crippen molar-refractivity contribution in [3.05, 3.63) is 28.2 Å². The van der Waals surface area contributed by atoms with E-state index in [4.69, 9.17) is 5.73 Å². The van der Waals surface area contributed by atoms with Crippen molar-refractivity contribution in [3.63, 3.8) is 0 Å². The number of esters is 1. The van der Waals surface area contributed by atoms with Crippen LogP contribution >= 0.6 is 15.9 Å². The van der Waals surface area contributed by atoms with Gasteiger partial charge >= 0.3 is 5.97 Å². The number of rotatable bonds is 4. The Morgan fingerprint density at radius 2 is 2.18 bits per heavy atom. The minimum absolute atomic E-state index is 0.140. The van der Waals surface area contributed by atoms with Gasteiger partial charge in [0.1, 0.15) is 0 Å². The molecule has 1 atom stereocenters. The number of benzene rings is 1. The van der Waals surface area contributed by atoms with Gasteiger partial charge in [-0.05, 0) is 52.5 Å². The van der Waals surface area contributed by atoms with Crippen LogP contribution in [0.25, 0.3) is 0 Å². The van der Waals surface area contributed by atoms with Crippen molar-refractivity contribution >= 4 is 31.9 Å². The fourth-order valence-corrected chi connectivity index (χ4v) is 5.07. The molecule has 0 aromatic heterocycles. The summed E-state index contributed by atoms with van der Waals surface area (Å²) in [5, 5.41) is 0. The Bertz CT molecular complexity index is 692. The van der Waals surface area contributed by atoms with E-state index >= 15 is 0 Å². The van der Waals surface area contributed by atoms with Crippen LogP contribution in [0.2, 0.25) is 0 Å². The molecule has 1 saturated heterocycles. The van der Waals surface area contributed by atoms with E-state index in [0.29, 0.717) is 29.7 Å². The molecule has 8 heteroatoms. The van der Waals surface area contributed by atoms with Crippen molar-refractivity contribution in [2.45, 2.75) is 18.2 Å². The van der Waals surface area contributed by atoms with Gasteiger partial charge in [0.05, 0.1) is 17.6 Å². The molecule has 1 unspecified atom stereocenters. The second-order valence-electron chi connectivity index (χ2n) is 5.74. The van der Waals surface area contributed by atoms with Crippen molar-refractivity contribution in [3.8, 4) is 0 Å². The molecular weight excluding hydrogens is 372 g/mol. The minimum atomic E-state index is -3.62. The van der Waals surface area contributed by atoms with Crippen LogP contribution in [0.4, 0.5) is 0 Å². The Balaban J connectivity index is 2.33. The maximum absolute atomic E-state index is 12.7. The summed E-state index contributed by atoms with van der Waals surface area (Å²) in [5.41, 5.74) is 5.83. The molecule has 1 fully saturated rings. The predicted molar refractivity (Wildman–Crippen MR) is 86.0 cm³/mol. The molecular formula is C14H19BrN2O4S. The minimum Gasteiger partial charge on any atom is -0.465 e. The lowest BCUT2D eigenvalue weighted by Gasteiger charge is -2.22. The van der Waals surface area contributed by atoms with Gasteiger partial charge in [0.25, 0.3) is 0 Å². The molecule has 2 N–H and O–H groups in total. The monoisotopic (exact) mass is 390 g/mol. The van der Waals surface area contributed by atoms with Crippen LogP contribution in [0.5, 0.6) is 0 Å². The first-order chi connectivity index (χ1) is 10.2. The zero-order valence-corrected chi connectivity index (χ0v) is 14.9. The summed E-state index contributed by atoms with van der Waals surface area (Å²) in [5.74, 6) is -0.512. The van der Waals surface area contributed by atoms with Gasteiger partial charge in [0, 0.05) is 17.6 Å². The summed E-state index contributed by atoms with van der Waals surface area (Å²) < 4.78 is 31.9. The van der Waals surface area contributed by atoms with Crippen LogP contribution < -0.4 is 5.73 Å². The number of hydrogen-bond acceptors (Lipinski definition) is 5. The van der Waals surface area contributed by atoms with Gasteiger partial charge in [-0.3, -0.25) is 0 Å². The summed E-state index contributed by atoms with van der Waals surface area (Å²) in [6.07, 6.45) is 0.737. The number of ether oxygens (including phenoxy) is 1. The SMILES string of the molecule is COC(=O)c1ccc(S(=O)(=O)N2CCC(C)(CN)C2)c(Br)c1. The summed E-state index contributed by atoms with van der Waals surface area (Å²) >= 11 is 3.23. The maximum atomic E-state index is 12.7. The highest BCUT2D eigenvalue weighted by atomic mass is 79.9. The molecule has 1 aliphatic rings. The van der Waals surface area contributed by atoms with Crippen LogP contribution in [0.3, 0.4) is 0 Å². The Morgan fingerprint density at radius 3 is 2.68 bits per heavy atom. The molecule has 0 spiro atoms. The van der Waals surface area contributed by atoms with Crippen LogP contribution in [0, 0.1) is 5.41 Å². The van der Waals surface area contributed by atoms with Crippen LogP contribution in [-0.2, 0) is 14.8 Å². The molecule has 0 saturated carbocycles. The Morgan fingerprint density at radius 1 is 1.50 bits per heavy atom. The van der Waals surface area contributed by atoms with E-state index in [0.717, 1.165) is 6.42 Å². The molecule has 0 radical (unpaired) electrons. The van der Waals surface area contributed by atoms with E-state index in [1.54, 1.807) is 0 Å². The molecule has 0 amide bonds. The second-order valence-corrected chi connectivity index (χ2v) is 8.50. The first-order valence-electron chi connectivity index (χ1n) is 6.81. The van der Waals surface area contributed by atoms with Gasteiger partial charge < -0.3 is 10.5 Å². The Hall–Kier alpha value is -0.960. The lowest BCUT2D eigenvalue weighted by Crippen LogP contribution is -2.34. The fraction of sp³-hybridized carbons (Fsp3) is 0.500. The molecule has 1 aliphatic heterocycles. The predicted octanol–water partition coefficient (Wildman–Crippen LogP) is 1.60. The van der Waals surface area contributed by atoms with Crippen molar-refractivity contribution in [2.24, 2.45) is 11.1 Å². The zero-order valence-electron chi connectivity index (χ0n) is 12.5. The molecule has 0 bridgehead atoms. The van der Waals surface area contributed by atoms with E-state index in [1.165, 1.54) is 29.6 Å². The van der Waals surface area contributed by atoms with E-state index in [9.17, 15) is 13.2 Å². The van der Waals surface area contributed by atoms with Gasteiger partial charge in [-0.25, -0.2) is 13.2 Å². The number of methoxy groups -OCH3 is 1. The third-order valence-electron chi connectivity index (χ3n) is 3.99. The summed E-state index contributed by atoms with van der Waals surface area (Å²) in [4.78, 5) is 11.6. The molecule has 1 heterocycles. The van der Waals surface area contributed by atoms with Crippen molar-refractivity contribution in [2.75, 3.05) is 26.7 Å². The highest BCUT2D eigenvalue weighted by Crippen LogP contribution is 2.34. The average molecular weight is 391 g/mol. The molecule has 1 aromatic carbocycles. The summed E-state index contributed by atoms with van der Waals surface area (Å²) in [6.45, 7) is 3.28. The molecule has 22 heavy (non-hydrogen) atoms. The fourth-order valence-electron chi connectivity index (χ4n) is 2.44. The number of carbonyl (C=O) groups excluding carboxylic acids is 1. The van der Waals surface area contributed by atoms with Crippen molar-refractivity contribution in [1.82, 2.24) is 4.31 Å². The molecule has 0 aliphatic carbocycles. The van der Waals surface area contributed by atoms with Crippen molar-refractivity contribution < 1.29 is 17.9 Å². The lowest BCUT2D eigenvalue weighted by atomic mass is 9.90. The van der Waals surface area contributed by atoms with Gasteiger partial charge in [-0.2, -0.15) is 4.31 Å². The van der Waals surface area contributed by atoms with Crippen LogP contribution in [-0.4, -0.2) is 45.4 Å². The van der Waals surface area contributed by atoms with E-state index in [1.807, 2.05) is 6.92 Å². The highest BCUT2D eigenvalue weighted by molar-refractivity contribution is 9.10. The third kappa shape index (κ3) is 3.19. The zero-order chi connectivity index (χ0) is 16.5. The van der Waals surface area contributed by atoms with Crippen LogP contribution in [0.15, 0.2) is 27.6 Å². The van der Waals surface area contributed by atoms with E-state index in [-0.39, 0.29) is 10.3 Å². The highest BCUT2D eigenvalue weighted by Gasteiger charge is 2.39. The number of carbonyl (C=O) groups is 1. The van der Waals surface area contributed by atoms with Crippen molar-refractivity contribution in [1.29, 1.82) is 0 Å². The molecule has 2 rings (SSSR count). The maximum Gasteiger partial charge on any atom is 0.337 e. The van der Waals surface area contributed by atoms with Gasteiger partial charge in [0.2, 0.25) is 10.0 Å². The van der Waals surface area contributed by atoms with Gasteiger partial charge in [0.15, 0.2) is 0 Å². The smallest absolute Gasteiger partial charge is 0.337 e.